The molecule has 0 fully saturated rings. The molecular formula is C19H23N3O4. The minimum Gasteiger partial charge on any atom is -0.496 e. The minimum absolute atomic E-state index is 0.0510. The lowest BCUT2D eigenvalue weighted by molar-refractivity contribution is -0.115. The monoisotopic (exact) mass is 357 g/mol. The van der Waals surface area contributed by atoms with Crippen LogP contribution in [0, 0.1) is 0 Å². The summed E-state index contributed by atoms with van der Waals surface area (Å²) in [6, 6.07) is 3.79. The first-order valence-electron chi connectivity index (χ1n) is 8.84. The van der Waals surface area contributed by atoms with E-state index in [1.807, 2.05) is 12.1 Å². The van der Waals surface area contributed by atoms with E-state index in [9.17, 15) is 9.59 Å². The largest absolute Gasteiger partial charge is 0.496 e. The number of rotatable bonds is 6. The summed E-state index contributed by atoms with van der Waals surface area (Å²) < 4.78 is 12.2. The fourth-order valence-corrected chi connectivity index (χ4v) is 3.12. The van der Waals surface area contributed by atoms with E-state index in [0.717, 1.165) is 30.6 Å². The van der Waals surface area contributed by atoms with Crippen LogP contribution in [-0.4, -0.2) is 35.4 Å². The van der Waals surface area contributed by atoms with Crippen LogP contribution in [-0.2, 0) is 22.4 Å². The van der Waals surface area contributed by atoms with Gasteiger partial charge in [0, 0.05) is 6.07 Å². The molecule has 0 atom stereocenters. The van der Waals surface area contributed by atoms with E-state index < -0.39 is 5.97 Å². The summed E-state index contributed by atoms with van der Waals surface area (Å²) in [5.74, 6) is 0.0756. The van der Waals surface area contributed by atoms with E-state index >= 15 is 0 Å². The molecule has 0 saturated heterocycles. The molecular weight excluding hydrogens is 334 g/mol. The molecule has 3 rings (SSSR count). The van der Waals surface area contributed by atoms with Crippen molar-refractivity contribution in [2.75, 3.05) is 19.0 Å². The average molecular weight is 357 g/mol. The second-order valence-corrected chi connectivity index (χ2v) is 6.15. The van der Waals surface area contributed by atoms with Gasteiger partial charge in [0.05, 0.1) is 43.4 Å². The van der Waals surface area contributed by atoms with Crippen LogP contribution in [0.3, 0.4) is 0 Å². The Bertz CT molecular complexity index is 842. The van der Waals surface area contributed by atoms with Gasteiger partial charge in [0.1, 0.15) is 11.3 Å². The fourth-order valence-electron chi connectivity index (χ4n) is 3.12. The van der Waals surface area contributed by atoms with Crippen molar-refractivity contribution >= 4 is 17.6 Å². The van der Waals surface area contributed by atoms with Crippen LogP contribution in [0.2, 0.25) is 0 Å². The Balaban J connectivity index is 2.12. The van der Waals surface area contributed by atoms with Crippen LogP contribution >= 0.6 is 0 Å². The molecule has 26 heavy (non-hydrogen) atoms. The third-order valence-electron chi connectivity index (χ3n) is 4.39. The van der Waals surface area contributed by atoms with E-state index in [1.54, 1.807) is 18.7 Å². The van der Waals surface area contributed by atoms with E-state index in [1.165, 1.54) is 6.20 Å². The number of unbranched alkanes of at least 4 members (excludes halogenated alkanes) is 1. The van der Waals surface area contributed by atoms with Crippen LogP contribution in [0.25, 0.3) is 5.69 Å². The molecule has 0 bridgehead atoms. The summed E-state index contributed by atoms with van der Waals surface area (Å²) in [5, 5.41) is 7.25. The highest BCUT2D eigenvalue weighted by Crippen LogP contribution is 2.34. The van der Waals surface area contributed by atoms with Gasteiger partial charge in [0.2, 0.25) is 5.91 Å². The predicted molar refractivity (Wildman–Crippen MR) is 97.0 cm³/mol. The summed E-state index contributed by atoms with van der Waals surface area (Å²) in [6.07, 6.45) is 4.47. The van der Waals surface area contributed by atoms with Gasteiger partial charge in [-0.3, -0.25) is 4.79 Å². The summed E-state index contributed by atoms with van der Waals surface area (Å²) >= 11 is 0. The van der Waals surface area contributed by atoms with Gasteiger partial charge in [-0.25, -0.2) is 9.48 Å². The van der Waals surface area contributed by atoms with Gasteiger partial charge in [0.25, 0.3) is 0 Å². The van der Waals surface area contributed by atoms with Gasteiger partial charge in [-0.2, -0.15) is 5.10 Å². The second kappa shape index (κ2) is 7.59. The lowest BCUT2D eigenvalue weighted by atomic mass is 10.1. The van der Waals surface area contributed by atoms with Crippen molar-refractivity contribution in [1.29, 1.82) is 0 Å². The topological polar surface area (TPSA) is 82.5 Å². The molecule has 0 unspecified atom stereocenters. The molecule has 2 aromatic rings. The fraction of sp³-hybridized carbons (Fsp3) is 0.421. The van der Waals surface area contributed by atoms with Gasteiger partial charge in [-0.15, -0.1) is 0 Å². The number of nitrogens with one attached hydrogen (secondary N) is 1. The van der Waals surface area contributed by atoms with Crippen molar-refractivity contribution in [1.82, 2.24) is 9.78 Å². The zero-order valence-corrected chi connectivity index (χ0v) is 15.3. The molecule has 1 amide bonds. The third kappa shape index (κ3) is 3.29. The maximum Gasteiger partial charge on any atom is 0.341 e. The minimum atomic E-state index is -0.475. The Kier molecular flexibility index (Phi) is 5.25. The molecule has 0 spiro atoms. The molecule has 138 valence electrons. The zero-order chi connectivity index (χ0) is 18.7. The molecule has 7 nitrogen and oxygen atoms in total. The molecule has 0 radical (unpaired) electrons. The van der Waals surface area contributed by atoms with Gasteiger partial charge >= 0.3 is 5.97 Å². The summed E-state index contributed by atoms with van der Waals surface area (Å²) in [5.41, 5.74) is 3.21. The van der Waals surface area contributed by atoms with Crippen molar-refractivity contribution in [2.45, 2.75) is 39.5 Å². The molecule has 7 heteroatoms. The summed E-state index contributed by atoms with van der Waals surface area (Å²) in [7, 11) is 1.63. The Morgan fingerprint density at radius 2 is 2.15 bits per heavy atom. The molecule has 1 aromatic heterocycles. The standard InChI is InChI=1S/C19H23N3O4/c1-4-6-7-12-8-14-16(9-17(12)25-3)22-15(10-18(23)21-14)13(11-20-22)19(24)26-5-2/h8-9,11H,4-7,10H2,1-3H3,(H,21,23). The number of methoxy groups -OCH3 is 1. The number of anilines is 1. The first-order valence-corrected chi connectivity index (χ1v) is 8.84. The predicted octanol–water partition coefficient (Wildman–Crippen LogP) is 2.89. The first-order chi connectivity index (χ1) is 12.6. The quantitative estimate of drug-likeness (QED) is 0.804. The number of esters is 1. The maximum atomic E-state index is 12.4. The number of ether oxygens (including phenoxy) is 2. The van der Waals surface area contributed by atoms with Gasteiger partial charge < -0.3 is 14.8 Å². The smallest absolute Gasteiger partial charge is 0.341 e. The number of aryl methyl sites for hydroxylation is 1. The Morgan fingerprint density at radius 1 is 1.35 bits per heavy atom. The van der Waals surface area contributed by atoms with Crippen LogP contribution in [0.4, 0.5) is 5.69 Å². The van der Waals surface area contributed by atoms with E-state index in [-0.39, 0.29) is 18.9 Å². The lowest BCUT2D eigenvalue weighted by Gasteiger charge is -2.15. The lowest BCUT2D eigenvalue weighted by Crippen LogP contribution is -2.15. The molecule has 1 aromatic carbocycles. The molecule has 0 aliphatic carbocycles. The number of carbonyl (C=O) groups is 2. The number of amides is 1. The number of aromatic nitrogens is 2. The number of carbonyl (C=O) groups excluding carboxylic acids is 2. The SMILES string of the molecule is CCCCc1cc2c(cc1OC)-n1ncc(C(=O)OCC)c1CC(=O)N2. The highest BCUT2D eigenvalue weighted by atomic mass is 16.5. The van der Waals surface area contributed by atoms with Crippen molar-refractivity contribution in [3.63, 3.8) is 0 Å². The Labute approximate surface area is 152 Å². The molecule has 1 aliphatic rings. The third-order valence-corrected chi connectivity index (χ3v) is 4.39. The number of hydrogen-bond donors (Lipinski definition) is 1. The van der Waals surface area contributed by atoms with Crippen LogP contribution in [0.15, 0.2) is 18.3 Å². The van der Waals surface area contributed by atoms with Crippen molar-refractivity contribution in [3.05, 3.63) is 35.2 Å². The van der Waals surface area contributed by atoms with Gasteiger partial charge in [-0.05, 0) is 31.4 Å². The number of hydrogen-bond acceptors (Lipinski definition) is 5. The highest BCUT2D eigenvalue weighted by Gasteiger charge is 2.27. The van der Waals surface area contributed by atoms with E-state index in [4.69, 9.17) is 9.47 Å². The van der Waals surface area contributed by atoms with Crippen molar-refractivity contribution < 1.29 is 19.1 Å². The number of nitrogens with zero attached hydrogens (tertiary/aromatic N) is 2. The normalized spacial score (nSPS) is 12.7. The van der Waals surface area contributed by atoms with Crippen molar-refractivity contribution in [3.8, 4) is 11.4 Å². The summed E-state index contributed by atoms with van der Waals surface area (Å²) in [6.45, 7) is 4.14. The zero-order valence-electron chi connectivity index (χ0n) is 15.3. The van der Waals surface area contributed by atoms with Crippen LogP contribution < -0.4 is 10.1 Å². The first kappa shape index (κ1) is 18.0. The molecule has 1 aliphatic heterocycles. The number of fused-ring (bicyclic) bond motifs is 3. The molecule has 0 saturated carbocycles. The Hall–Kier alpha value is -2.83. The van der Waals surface area contributed by atoms with Crippen LogP contribution in [0.1, 0.15) is 48.3 Å². The second-order valence-electron chi connectivity index (χ2n) is 6.15. The van der Waals surface area contributed by atoms with Gasteiger partial charge in [-0.1, -0.05) is 13.3 Å². The van der Waals surface area contributed by atoms with E-state index in [0.29, 0.717) is 22.6 Å². The van der Waals surface area contributed by atoms with Gasteiger partial charge in [0.15, 0.2) is 0 Å². The molecule has 1 N–H and O–H groups in total. The maximum absolute atomic E-state index is 12.4. The molecule has 2 heterocycles. The Morgan fingerprint density at radius 3 is 2.85 bits per heavy atom. The summed E-state index contributed by atoms with van der Waals surface area (Å²) in [4.78, 5) is 24.6. The van der Waals surface area contributed by atoms with Crippen LogP contribution in [0.5, 0.6) is 5.75 Å². The average Bonchev–Trinajstić information content (AvgIpc) is 2.97. The number of benzene rings is 1. The highest BCUT2D eigenvalue weighted by molar-refractivity contribution is 5.99. The van der Waals surface area contributed by atoms with Crippen molar-refractivity contribution in [2.24, 2.45) is 0 Å². The van der Waals surface area contributed by atoms with E-state index in [2.05, 4.69) is 17.3 Å².